The van der Waals surface area contributed by atoms with Gasteiger partial charge < -0.3 is 20.3 Å². The molecule has 1 aliphatic heterocycles. The molecule has 1 saturated heterocycles. The molecule has 0 saturated carbocycles. The third-order valence-electron chi connectivity index (χ3n) is 3.88. The Morgan fingerprint density at radius 2 is 1.76 bits per heavy atom. The SMILES string of the molecule is CN=C(NCCN1CCCCCC1)NCC(C)(C)OC.I. The number of guanidine groups is 1. The van der Waals surface area contributed by atoms with Crippen LogP contribution in [0.1, 0.15) is 39.5 Å². The number of hydrogen-bond acceptors (Lipinski definition) is 3. The van der Waals surface area contributed by atoms with Gasteiger partial charge in [-0.15, -0.1) is 24.0 Å². The molecule has 0 radical (unpaired) electrons. The lowest BCUT2D eigenvalue weighted by Gasteiger charge is -2.25. The van der Waals surface area contributed by atoms with E-state index >= 15 is 0 Å². The molecule has 0 bridgehead atoms. The van der Waals surface area contributed by atoms with Crippen LogP contribution < -0.4 is 10.6 Å². The van der Waals surface area contributed by atoms with Gasteiger partial charge in [0.15, 0.2) is 5.96 Å². The van der Waals surface area contributed by atoms with E-state index in [9.17, 15) is 0 Å². The zero-order valence-electron chi connectivity index (χ0n) is 14.1. The van der Waals surface area contributed by atoms with Crippen molar-refractivity contribution in [2.45, 2.75) is 45.1 Å². The van der Waals surface area contributed by atoms with Gasteiger partial charge in [0.05, 0.1) is 5.60 Å². The molecule has 0 aromatic heterocycles. The van der Waals surface area contributed by atoms with Gasteiger partial charge in [-0.1, -0.05) is 12.8 Å². The van der Waals surface area contributed by atoms with Gasteiger partial charge in [-0.2, -0.15) is 0 Å². The van der Waals surface area contributed by atoms with Crippen LogP contribution in [-0.4, -0.2) is 63.3 Å². The van der Waals surface area contributed by atoms with Crippen LogP contribution in [-0.2, 0) is 4.74 Å². The molecule has 1 fully saturated rings. The van der Waals surface area contributed by atoms with Crippen molar-refractivity contribution in [1.82, 2.24) is 15.5 Å². The van der Waals surface area contributed by atoms with E-state index in [0.29, 0.717) is 0 Å². The molecule has 0 amide bonds. The Labute approximate surface area is 147 Å². The molecule has 5 nitrogen and oxygen atoms in total. The molecule has 0 atom stereocenters. The van der Waals surface area contributed by atoms with Crippen molar-refractivity contribution in [1.29, 1.82) is 0 Å². The first kappa shape index (κ1) is 20.9. The highest BCUT2D eigenvalue weighted by atomic mass is 127. The summed E-state index contributed by atoms with van der Waals surface area (Å²) in [6.45, 7) is 9.37. The minimum atomic E-state index is -0.178. The summed E-state index contributed by atoms with van der Waals surface area (Å²) in [6, 6.07) is 0. The van der Waals surface area contributed by atoms with Crippen LogP contribution in [0.4, 0.5) is 0 Å². The number of rotatable bonds is 6. The lowest BCUT2D eigenvalue weighted by molar-refractivity contribution is 0.0268. The molecular weight excluding hydrogens is 379 g/mol. The first-order valence-corrected chi connectivity index (χ1v) is 7.79. The predicted molar refractivity (Wildman–Crippen MR) is 101 cm³/mol. The number of likely N-dealkylation sites (tertiary alicyclic amines) is 1. The fourth-order valence-corrected chi connectivity index (χ4v) is 2.28. The van der Waals surface area contributed by atoms with Gasteiger partial charge in [-0.3, -0.25) is 4.99 Å². The maximum Gasteiger partial charge on any atom is 0.191 e. The smallest absolute Gasteiger partial charge is 0.191 e. The maximum atomic E-state index is 5.39. The molecule has 21 heavy (non-hydrogen) atoms. The fourth-order valence-electron chi connectivity index (χ4n) is 2.28. The molecule has 6 heteroatoms. The molecule has 0 unspecified atom stereocenters. The molecule has 1 rings (SSSR count). The summed E-state index contributed by atoms with van der Waals surface area (Å²) in [6.07, 6.45) is 5.46. The Bertz CT molecular complexity index is 289. The van der Waals surface area contributed by atoms with Crippen molar-refractivity contribution < 1.29 is 4.74 Å². The summed E-state index contributed by atoms with van der Waals surface area (Å²) in [4.78, 5) is 6.79. The Kier molecular flexibility index (Phi) is 11.4. The quantitative estimate of drug-likeness (QED) is 0.399. The van der Waals surface area contributed by atoms with Gasteiger partial charge in [0.2, 0.25) is 0 Å². The average molecular weight is 412 g/mol. The zero-order chi connectivity index (χ0) is 14.8. The van der Waals surface area contributed by atoms with Gasteiger partial charge in [0.1, 0.15) is 0 Å². The highest BCUT2D eigenvalue weighted by Crippen LogP contribution is 2.08. The molecule has 0 aromatic rings. The molecular formula is C15H33IN4O. The first-order chi connectivity index (χ1) is 9.57. The van der Waals surface area contributed by atoms with Crippen molar-refractivity contribution >= 4 is 29.9 Å². The lowest BCUT2D eigenvalue weighted by atomic mass is 10.1. The van der Waals surface area contributed by atoms with Gasteiger partial charge >= 0.3 is 0 Å². The van der Waals surface area contributed by atoms with E-state index < -0.39 is 0 Å². The summed E-state index contributed by atoms with van der Waals surface area (Å²) in [5.41, 5.74) is -0.178. The average Bonchev–Trinajstić information content (AvgIpc) is 2.71. The van der Waals surface area contributed by atoms with Crippen LogP contribution in [0.5, 0.6) is 0 Å². The van der Waals surface area contributed by atoms with E-state index in [1.54, 1.807) is 14.2 Å². The summed E-state index contributed by atoms with van der Waals surface area (Å²) < 4.78 is 5.39. The maximum absolute atomic E-state index is 5.39. The topological polar surface area (TPSA) is 48.9 Å². The minimum absolute atomic E-state index is 0. The predicted octanol–water partition coefficient (Wildman–Crippen LogP) is 2.07. The molecule has 2 N–H and O–H groups in total. The third kappa shape index (κ3) is 9.52. The summed E-state index contributed by atoms with van der Waals surface area (Å²) in [5, 5.41) is 6.68. The Balaban J connectivity index is 0.00000400. The molecule has 0 spiro atoms. The lowest BCUT2D eigenvalue weighted by Crippen LogP contribution is -2.47. The van der Waals surface area contributed by atoms with Crippen molar-refractivity contribution in [3.63, 3.8) is 0 Å². The Morgan fingerprint density at radius 1 is 1.14 bits per heavy atom. The van der Waals surface area contributed by atoms with E-state index in [4.69, 9.17) is 4.74 Å². The number of halogens is 1. The number of ether oxygens (including phenoxy) is 1. The van der Waals surface area contributed by atoms with Crippen LogP contribution >= 0.6 is 24.0 Å². The van der Waals surface area contributed by atoms with E-state index in [1.165, 1.54) is 38.8 Å². The van der Waals surface area contributed by atoms with Crippen molar-refractivity contribution in [2.24, 2.45) is 4.99 Å². The Morgan fingerprint density at radius 3 is 2.29 bits per heavy atom. The molecule has 1 aliphatic rings. The Hall–Kier alpha value is -0.0800. The van der Waals surface area contributed by atoms with Crippen molar-refractivity contribution in [3.8, 4) is 0 Å². The summed E-state index contributed by atoms with van der Waals surface area (Å²) in [7, 11) is 3.54. The largest absolute Gasteiger partial charge is 0.377 e. The standard InChI is InChI=1S/C15H32N4O.HI/c1-15(2,20-4)13-18-14(16-3)17-9-12-19-10-7-5-6-8-11-19;/h5-13H2,1-4H3,(H2,16,17,18);1H. The highest BCUT2D eigenvalue weighted by Gasteiger charge is 2.16. The monoisotopic (exact) mass is 412 g/mol. The van der Waals surface area contributed by atoms with Gasteiger partial charge in [-0.05, 0) is 39.8 Å². The van der Waals surface area contributed by atoms with E-state index in [0.717, 1.165) is 25.6 Å². The van der Waals surface area contributed by atoms with E-state index in [2.05, 4.69) is 34.4 Å². The number of nitrogens with zero attached hydrogens (tertiary/aromatic N) is 2. The van der Waals surface area contributed by atoms with E-state index in [1.807, 2.05) is 0 Å². The highest BCUT2D eigenvalue weighted by molar-refractivity contribution is 14.0. The van der Waals surface area contributed by atoms with Crippen LogP contribution in [0.3, 0.4) is 0 Å². The third-order valence-corrected chi connectivity index (χ3v) is 3.88. The number of hydrogen-bond donors (Lipinski definition) is 2. The van der Waals surface area contributed by atoms with Crippen LogP contribution in [0.25, 0.3) is 0 Å². The minimum Gasteiger partial charge on any atom is -0.377 e. The molecule has 0 aromatic carbocycles. The van der Waals surface area contributed by atoms with Gasteiger partial charge in [0, 0.05) is 33.8 Å². The van der Waals surface area contributed by atoms with Crippen LogP contribution in [0.15, 0.2) is 4.99 Å². The molecule has 0 aliphatic carbocycles. The number of methoxy groups -OCH3 is 1. The van der Waals surface area contributed by atoms with Crippen LogP contribution in [0, 0.1) is 0 Å². The molecule has 1 heterocycles. The summed E-state index contributed by atoms with van der Waals surface area (Å²) in [5.74, 6) is 0.852. The van der Waals surface area contributed by atoms with Gasteiger partial charge in [-0.25, -0.2) is 0 Å². The van der Waals surface area contributed by atoms with Crippen molar-refractivity contribution in [3.05, 3.63) is 0 Å². The second-order valence-corrected chi connectivity index (χ2v) is 6.07. The second-order valence-electron chi connectivity index (χ2n) is 6.07. The second kappa shape index (κ2) is 11.5. The van der Waals surface area contributed by atoms with E-state index in [-0.39, 0.29) is 29.6 Å². The fraction of sp³-hybridized carbons (Fsp3) is 0.933. The number of nitrogens with one attached hydrogen (secondary N) is 2. The zero-order valence-corrected chi connectivity index (χ0v) is 16.4. The normalized spacial score (nSPS) is 17.8. The van der Waals surface area contributed by atoms with Crippen LogP contribution in [0.2, 0.25) is 0 Å². The summed E-state index contributed by atoms with van der Waals surface area (Å²) >= 11 is 0. The van der Waals surface area contributed by atoms with Crippen molar-refractivity contribution in [2.75, 3.05) is 46.9 Å². The first-order valence-electron chi connectivity index (χ1n) is 7.79. The molecule has 126 valence electrons. The number of aliphatic imine (C=N–C) groups is 1. The van der Waals surface area contributed by atoms with Gasteiger partial charge in [0.25, 0.3) is 0 Å².